The molecule has 1 unspecified atom stereocenters. The van der Waals surface area contributed by atoms with Gasteiger partial charge in [0.15, 0.2) is 5.96 Å². The third-order valence-corrected chi connectivity index (χ3v) is 2.91. The minimum absolute atomic E-state index is 0.383. The fraction of sp³-hybridized carbons (Fsp3) is 0.533. The summed E-state index contributed by atoms with van der Waals surface area (Å²) in [5, 5.41) is 6.59. The summed E-state index contributed by atoms with van der Waals surface area (Å²) in [4.78, 5) is 4.19. The van der Waals surface area contributed by atoms with Gasteiger partial charge in [0.25, 0.3) is 0 Å². The zero-order valence-corrected chi connectivity index (χ0v) is 12.1. The molecule has 0 radical (unpaired) electrons. The van der Waals surface area contributed by atoms with Crippen LogP contribution in [0.15, 0.2) is 35.3 Å². The highest BCUT2D eigenvalue weighted by Gasteiger charge is 2.05. The van der Waals surface area contributed by atoms with Gasteiger partial charge in [0.05, 0.1) is 6.61 Å². The van der Waals surface area contributed by atoms with Gasteiger partial charge in [-0.25, -0.2) is 0 Å². The molecule has 0 aromatic heterocycles. The first-order valence-electron chi connectivity index (χ1n) is 6.76. The van der Waals surface area contributed by atoms with Gasteiger partial charge in [-0.2, -0.15) is 0 Å². The predicted molar refractivity (Wildman–Crippen MR) is 80.6 cm³/mol. The third kappa shape index (κ3) is 6.82. The van der Waals surface area contributed by atoms with Crippen LogP contribution < -0.4 is 10.6 Å². The van der Waals surface area contributed by atoms with Gasteiger partial charge in [-0.05, 0) is 25.3 Å². The Morgan fingerprint density at radius 2 is 2.05 bits per heavy atom. The largest absolute Gasteiger partial charge is 0.383 e. The maximum atomic E-state index is 5.00. The Balaban J connectivity index is 2.27. The normalized spacial score (nSPS) is 13.1. The average molecular weight is 263 g/mol. The standard InChI is InChI=1S/C15H25N3O/c1-13(9-10-14-7-5-4-6-8-14)18-15(16-2)17-11-12-19-3/h4-8,13H,9-12H2,1-3H3,(H2,16,17,18). The van der Waals surface area contributed by atoms with E-state index in [1.54, 1.807) is 14.2 Å². The zero-order chi connectivity index (χ0) is 13.9. The molecule has 1 rings (SSSR count). The molecule has 1 aromatic carbocycles. The van der Waals surface area contributed by atoms with Crippen LogP contribution in [0.2, 0.25) is 0 Å². The molecule has 19 heavy (non-hydrogen) atoms. The van der Waals surface area contributed by atoms with Crippen LogP contribution in [0.4, 0.5) is 0 Å². The van der Waals surface area contributed by atoms with Gasteiger partial charge in [-0.3, -0.25) is 4.99 Å². The minimum atomic E-state index is 0.383. The molecule has 106 valence electrons. The van der Waals surface area contributed by atoms with E-state index >= 15 is 0 Å². The summed E-state index contributed by atoms with van der Waals surface area (Å²) in [6.07, 6.45) is 2.15. The molecular formula is C15H25N3O. The van der Waals surface area contributed by atoms with Crippen molar-refractivity contribution in [3.63, 3.8) is 0 Å². The molecule has 1 aromatic rings. The van der Waals surface area contributed by atoms with Crippen LogP contribution in [-0.2, 0) is 11.2 Å². The van der Waals surface area contributed by atoms with E-state index in [0.29, 0.717) is 12.6 Å². The number of aliphatic imine (C=N–C) groups is 1. The number of nitrogens with zero attached hydrogens (tertiary/aromatic N) is 1. The molecule has 0 saturated heterocycles. The maximum absolute atomic E-state index is 5.00. The van der Waals surface area contributed by atoms with Crippen LogP contribution in [0.5, 0.6) is 0 Å². The van der Waals surface area contributed by atoms with Crippen LogP contribution in [-0.4, -0.2) is 39.3 Å². The molecule has 0 amide bonds. The lowest BCUT2D eigenvalue weighted by Gasteiger charge is -2.17. The molecule has 4 nitrogen and oxygen atoms in total. The van der Waals surface area contributed by atoms with E-state index in [1.165, 1.54) is 5.56 Å². The fourth-order valence-corrected chi connectivity index (χ4v) is 1.80. The van der Waals surface area contributed by atoms with Crippen molar-refractivity contribution < 1.29 is 4.74 Å². The minimum Gasteiger partial charge on any atom is -0.383 e. The lowest BCUT2D eigenvalue weighted by atomic mass is 10.1. The van der Waals surface area contributed by atoms with Crippen molar-refractivity contribution in [2.24, 2.45) is 4.99 Å². The van der Waals surface area contributed by atoms with Crippen LogP contribution in [0.3, 0.4) is 0 Å². The smallest absolute Gasteiger partial charge is 0.191 e. The lowest BCUT2D eigenvalue weighted by molar-refractivity contribution is 0.203. The van der Waals surface area contributed by atoms with E-state index in [-0.39, 0.29) is 0 Å². The van der Waals surface area contributed by atoms with E-state index in [4.69, 9.17) is 4.74 Å². The molecule has 2 N–H and O–H groups in total. The van der Waals surface area contributed by atoms with Crippen molar-refractivity contribution >= 4 is 5.96 Å². The number of nitrogens with one attached hydrogen (secondary N) is 2. The maximum Gasteiger partial charge on any atom is 0.191 e. The highest BCUT2D eigenvalue weighted by atomic mass is 16.5. The van der Waals surface area contributed by atoms with E-state index in [1.807, 2.05) is 6.07 Å². The fourth-order valence-electron chi connectivity index (χ4n) is 1.80. The topological polar surface area (TPSA) is 45.7 Å². The van der Waals surface area contributed by atoms with Gasteiger partial charge in [0.1, 0.15) is 0 Å². The Morgan fingerprint density at radius 3 is 2.68 bits per heavy atom. The first-order valence-corrected chi connectivity index (χ1v) is 6.76. The van der Waals surface area contributed by atoms with E-state index in [0.717, 1.165) is 25.3 Å². The van der Waals surface area contributed by atoms with E-state index < -0.39 is 0 Å². The molecule has 1 atom stereocenters. The van der Waals surface area contributed by atoms with Crippen molar-refractivity contribution in [3.8, 4) is 0 Å². The third-order valence-electron chi connectivity index (χ3n) is 2.91. The Bertz CT molecular complexity index is 365. The molecule has 0 aliphatic heterocycles. The molecular weight excluding hydrogens is 238 g/mol. The van der Waals surface area contributed by atoms with Crippen molar-refractivity contribution in [2.45, 2.75) is 25.8 Å². The molecule has 4 heteroatoms. The predicted octanol–water partition coefficient (Wildman–Crippen LogP) is 1.82. The SMILES string of the molecule is CN=C(NCCOC)NC(C)CCc1ccccc1. The van der Waals surface area contributed by atoms with Crippen LogP contribution in [0.25, 0.3) is 0 Å². The second-order valence-corrected chi connectivity index (χ2v) is 4.56. The van der Waals surface area contributed by atoms with Crippen molar-refractivity contribution in [3.05, 3.63) is 35.9 Å². The van der Waals surface area contributed by atoms with E-state index in [9.17, 15) is 0 Å². The van der Waals surface area contributed by atoms with Gasteiger partial charge >= 0.3 is 0 Å². The van der Waals surface area contributed by atoms with Gasteiger partial charge in [0.2, 0.25) is 0 Å². The van der Waals surface area contributed by atoms with Gasteiger partial charge in [-0.1, -0.05) is 30.3 Å². The Labute approximate surface area is 116 Å². The highest BCUT2D eigenvalue weighted by Crippen LogP contribution is 2.04. The first-order chi connectivity index (χ1) is 9.26. The summed E-state index contributed by atoms with van der Waals surface area (Å²) in [6.45, 7) is 3.62. The Kier molecular flexibility index (Phi) is 7.66. The van der Waals surface area contributed by atoms with Crippen molar-refractivity contribution in [1.82, 2.24) is 10.6 Å². The summed E-state index contributed by atoms with van der Waals surface area (Å²) in [5.74, 6) is 0.831. The second kappa shape index (κ2) is 9.39. The van der Waals surface area contributed by atoms with Gasteiger partial charge in [-0.15, -0.1) is 0 Å². The average Bonchev–Trinajstić information content (AvgIpc) is 2.45. The van der Waals surface area contributed by atoms with Crippen molar-refractivity contribution in [1.29, 1.82) is 0 Å². The molecule has 0 saturated carbocycles. The summed E-state index contributed by atoms with van der Waals surface area (Å²) >= 11 is 0. The monoisotopic (exact) mass is 263 g/mol. The summed E-state index contributed by atoms with van der Waals surface area (Å²) in [7, 11) is 3.48. The number of hydrogen-bond donors (Lipinski definition) is 2. The first kappa shape index (κ1) is 15.5. The molecule has 0 fully saturated rings. The van der Waals surface area contributed by atoms with Crippen LogP contribution in [0, 0.1) is 0 Å². The lowest BCUT2D eigenvalue weighted by Crippen LogP contribution is -2.43. The number of rotatable bonds is 7. The number of ether oxygens (including phenoxy) is 1. The second-order valence-electron chi connectivity index (χ2n) is 4.56. The van der Waals surface area contributed by atoms with Crippen molar-refractivity contribution in [2.75, 3.05) is 27.3 Å². The number of methoxy groups -OCH3 is 1. The number of hydrogen-bond acceptors (Lipinski definition) is 2. The quantitative estimate of drug-likeness (QED) is 0.448. The summed E-state index contributed by atoms with van der Waals surface area (Å²) in [6, 6.07) is 10.9. The zero-order valence-electron chi connectivity index (χ0n) is 12.1. The van der Waals surface area contributed by atoms with Gasteiger partial charge in [0, 0.05) is 26.7 Å². The van der Waals surface area contributed by atoms with Gasteiger partial charge < -0.3 is 15.4 Å². The Morgan fingerprint density at radius 1 is 1.32 bits per heavy atom. The summed E-state index contributed by atoms with van der Waals surface area (Å²) < 4.78 is 5.00. The molecule has 0 spiro atoms. The Hall–Kier alpha value is -1.55. The summed E-state index contributed by atoms with van der Waals surface area (Å²) in [5.41, 5.74) is 1.37. The molecule has 0 heterocycles. The number of benzene rings is 1. The van der Waals surface area contributed by atoms with E-state index in [2.05, 4.69) is 46.8 Å². The molecule has 0 bridgehead atoms. The molecule has 0 aliphatic carbocycles. The number of aryl methyl sites for hydroxylation is 1. The molecule has 0 aliphatic rings. The highest BCUT2D eigenvalue weighted by molar-refractivity contribution is 5.79. The van der Waals surface area contributed by atoms with Crippen LogP contribution >= 0.6 is 0 Å². The number of guanidine groups is 1. The van der Waals surface area contributed by atoms with Crippen LogP contribution in [0.1, 0.15) is 18.9 Å².